The number of benzene rings is 1. The number of hydrogen-bond acceptors (Lipinski definition) is 2. The third kappa shape index (κ3) is 2.63. The average Bonchev–Trinajstić information content (AvgIpc) is 3.08. The smallest absolute Gasteiger partial charge is 0.319 e. The molecule has 20 heavy (non-hydrogen) atoms. The van der Waals surface area contributed by atoms with Crippen LogP contribution in [0.15, 0.2) is 30.5 Å². The quantitative estimate of drug-likeness (QED) is 0.902. The molecule has 2 amide bonds. The SMILES string of the molecule is Cn1ccc2c(NC(=O)NC[C@H]3CCCO3)cccc21. The fraction of sp³-hybridized carbons (Fsp3) is 0.400. The van der Waals surface area contributed by atoms with Crippen LogP contribution in [-0.4, -0.2) is 29.9 Å². The van der Waals surface area contributed by atoms with Crippen LogP contribution in [0, 0.1) is 0 Å². The number of aromatic nitrogens is 1. The summed E-state index contributed by atoms with van der Waals surface area (Å²) in [7, 11) is 1.99. The number of carbonyl (C=O) groups excluding carboxylic acids is 1. The lowest BCUT2D eigenvalue weighted by Gasteiger charge is -2.12. The van der Waals surface area contributed by atoms with Gasteiger partial charge >= 0.3 is 6.03 Å². The number of rotatable bonds is 3. The van der Waals surface area contributed by atoms with E-state index >= 15 is 0 Å². The molecule has 2 heterocycles. The minimum Gasteiger partial charge on any atom is -0.376 e. The summed E-state index contributed by atoms with van der Waals surface area (Å²) in [6.45, 7) is 1.37. The maximum atomic E-state index is 11.9. The Bertz CT molecular complexity index is 615. The third-order valence-electron chi connectivity index (χ3n) is 3.69. The van der Waals surface area contributed by atoms with Gasteiger partial charge in [0.05, 0.1) is 11.8 Å². The second kappa shape index (κ2) is 5.54. The molecule has 3 rings (SSSR count). The lowest BCUT2D eigenvalue weighted by molar-refractivity contribution is 0.112. The lowest BCUT2D eigenvalue weighted by atomic mass is 10.2. The van der Waals surface area contributed by atoms with Gasteiger partial charge in [-0.25, -0.2) is 4.79 Å². The molecule has 1 aliphatic heterocycles. The van der Waals surface area contributed by atoms with Crippen LogP contribution in [-0.2, 0) is 11.8 Å². The summed E-state index contributed by atoms with van der Waals surface area (Å²) in [4.78, 5) is 11.9. The number of urea groups is 1. The monoisotopic (exact) mass is 273 g/mol. The zero-order chi connectivity index (χ0) is 13.9. The van der Waals surface area contributed by atoms with E-state index in [1.807, 2.05) is 42.1 Å². The van der Waals surface area contributed by atoms with E-state index in [0.717, 1.165) is 36.0 Å². The van der Waals surface area contributed by atoms with E-state index in [0.29, 0.717) is 6.54 Å². The zero-order valence-corrected chi connectivity index (χ0v) is 11.6. The van der Waals surface area contributed by atoms with E-state index in [1.54, 1.807) is 0 Å². The Morgan fingerprint density at radius 3 is 3.15 bits per heavy atom. The van der Waals surface area contributed by atoms with Gasteiger partial charge in [-0.2, -0.15) is 0 Å². The molecule has 0 aliphatic carbocycles. The predicted molar refractivity (Wildman–Crippen MR) is 78.9 cm³/mol. The molecule has 0 spiro atoms. The van der Waals surface area contributed by atoms with Crippen LogP contribution in [0.4, 0.5) is 10.5 Å². The molecule has 5 heteroatoms. The fourth-order valence-corrected chi connectivity index (χ4v) is 2.59. The largest absolute Gasteiger partial charge is 0.376 e. The first-order chi connectivity index (χ1) is 9.74. The molecule has 0 unspecified atom stereocenters. The van der Waals surface area contributed by atoms with E-state index < -0.39 is 0 Å². The molecule has 0 bridgehead atoms. The minimum absolute atomic E-state index is 0.160. The Morgan fingerprint density at radius 2 is 2.35 bits per heavy atom. The second-order valence-corrected chi connectivity index (χ2v) is 5.14. The van der Waals surface area contributed by atoms with Gasteiger partial charge < -0.3 is 19.9 Å². The summed E-state index contributed by atoms with van der Waals surface area (Å²) >= 11 is 0. The normalized spacial score (nSPS) is 18.4. The van der Waals surface area contributed by atoms with Crippen LogP contribution in [0.25, 0.3) is 10.9 Å². The van der Waals surface area contributed by atoms with Crippen LogP contribution in [0.1, 0.15) is 12.8 Å². The van der Waals surface area contributed by atoms with Gasteiger partial charge in [-0.1, -0.05) is 6.07 Å². The van der Waals surface area contributed by atoms with Crippen molar-refractivity contribution in [1.82, 2.24) is 9.88 Å². The Balaban J connectivity index is 1.64. The van der Waals surface area contributed by atoms with Crippen molar-refractivity contribution in [2.75, 3.05) is 18.5 Å². The topological polar surface area (TPSA) is 55.3 Å². The highest BCUT2D eigenvalue weighted by Gasteiger charge is 2.16. The lowest BCUT2D eigenvalue weighted by Crippen LogP contribution is -2.35. The van der Waals surface area contributed by atoms with Crippen molar-refractivity contribution in [1.29, 1.82) is 0 Å². The number of ether oxygens (including phenoxy) is 1. The van der Waals surface area contributed by atoms with Gasteiger partial charge in [0.2, 0.25) is 0 Å². The molecule has 1 aliphatic rings. The van der Waals surface area contributed by atoms with E-state index in [2.05, 4.69) is 10.6 Å². The van der Waals surface area contributed by atoms with Crippen molar-refractivity contribution in [3.8, 4) is 0 Å². The molecule has 106 valence electrons. The summed E-state index contributed by atoms with van der Waals surface area (Å²) in [5.74, 6) is 0. The molecule has 1 saturated heterocycles. The first kappa shape index (κ1) is 13.0. The van der Waals surface area contributed by atoms with Crippen molar-refractivity contribution in [3.63, 3.8) is 0 Å². The van der Waals surface area contributed by atoms with E-state index in [1.165, 1.54) is 0 Å². The summed E-state index contributed by atoms with van der Waals surface area (Å²) < 4.78 is 7.51. The summed E-state index contributed by atoms with van der Waals surface area (Å²) in [6.07, 6.45) is 4.25. The van der Waals surface area contributed by atoms with Gasteiger partial charge in [0.15, 0.2) is 0 Å². The number of carbonyl (C=O) groups is 1. The third-order valence-corrected chi connectivity index (χ3v) is 3.69. The molecule has 2 aromatic rings. The number of nitrogens with zero attached hydrogens (tertiary/aromatic N) is 1. The van der Waals surface area contributed by atoms with Crippen molar-refractivity contribution in [3.05, 3.63) is 30.5 Å². The Labute approximate surface area is 117 Å². The number of aryl methyl sites for hydroxylation is 1. The molecule has 1 fully saturated rings. The Kier molecular flexibility index (Phi) is 3.60. The van der Waals surface area contributed by atoms with Crippen LogP contribution in [0.3, 0.4) is 0 Å². The number of fused-ring (bicyclic) bond motifs is 1. The molecule has 0 radical (unpaired) electrons. The van der Waals surface area contributed by atoms with E-state index in [4.69, 9.17) is 4.74 Å². The number of hydrogen-bond donors (Lipinski definition) is 2. The Hall–Kier alpha value is -2.01. The number of anilines is 1. The fourth-order valence-electron chi connectivity index (χ4n) is 2.59. The van der Waals surface area contributed by atoms with Gasteiger partial charge in [-0.05, 0) is 31.0 Å². The predicted octanol–water partition coefficient (Wildman–Crippen LogP) is 2.48. The summed E-state index contributed by atoms with van der Waals surface area (Å²) in [5, 5.41) is 6.81. The molecule has 1 aromatic heterocycles. The average molecular weight is 273 g/mol. The highest BCUT2D eigenvalue weighted by molar-refractivity contribution is 6.00. The van der Waals surface area contributed by atoms with Crippen LogP contribution in [0.5, 0.6) is 0 Å². The van der Waals surface area contributed by atoms with E-state index in [9.17, 15) is 4.79 Å². The van der Waals surface area contributed by atoms with Gasteiger partial charge in [0, 0.05) is 37.3 Å². The molecule has 0 saturated carbocycles. The van der Waals surface area contributed by atoms with E-state index in [-0.39, 0.29) is 12.1 Å². The van der Waals surface area contributed by atoms with Crippen molar-refractivity contribution in [2.24, 2.45) is 7.05 Å². The van der Waals surface area contributed by atoms with Crippen molar-refractivity contribution < 1.29 is 9.53 Å². The van der Waals surface area contributed by atoms with Crippen molar-refractivity contribution in [2.45, 2.75) is 18.9 Å². The zero-order valence-electron chi connectivity index (χ0n) is 11.6. The number of amides is 2. The van der Waals surface area contributed by atoms with Gasteiger partial charge in [0.25, 0.3) is 0 Å². The Morgan fingerprint density at radius 1 is 1.45 bits per heavy atom. The van der Waals surface area contributed by atoms with Crippen LogP contribution >= 0.6 is 0 Å². The first-order valence-electron chi connectivity index (χ1n) is 6.94. The molecule has 1 aromatic carbocycles. The highest BCUT2D eigenvalue weighted by Crippen LogP contribution is 2.23. The molecular formula is C15H19N3O2. The second-order valence-electron chi connectivity index (χ2n) is 5.14. The van der Waals surface area contributed by atoms with Crippen molar-refractivity contribution >= 4 is 22.6 Å². The number of nitrogens with one attached hydrogen (secondary N) is 2. The maximum Gasteiger partial charge on any atom is 0.319 e. The maximum absolute atomic E-state index is 11.9. The summed E-state index contributed by atoms with van der Waals surface area (Å²) in [5.41, 5.74) is 1.93. The highest BCUT2D eigenvalue weighted by atomic mass is 16.5. The van der Waals surface area contributed by atoms with Crippen LogP contribution < -0.4 is 10.6 Å². The molecule has 2 N–H and O–H groups in total. The summed E-state index contributed by atoms with van der Waals surface area (Å²) in [6, 6.07) is 7.71. The van der Waals surface area contributed by atoms with Gasteiger partial charge in [0.1, 0.15) is 0 Å². The van der Waals surface area contributed by atoms with Gasteiger partial charge in [-0.15, -0.1) is 0 Å². The molecule has 5 nitrogen and oxygen atoms in total. The first-order valence-corrected chi connectivity index (χ1v) is 6.94. The molecular weight excluding hydrogens is 254 g/mol. The molecule has 1 atom stereocenters. The standard InChI is InChI=1S/C15H19N3O2/c1-18-8-7-12-13(5-2-6-14(12)18)17-15(19)16-10-11-4-3-9-20-11/h2,5-8,11H,3-4,9-10H2,1H3,(H2,16,17,19)/t11-/m1/s1. The van der Waals surface area contributed by atoms with Gasteiger partial charge in [-0.3, -0.25) is 0 Å². The van der Waals surface area contributed by atoms with Crippen LogP contribution in [0.2, 0.25) is 0 Å². The minimum atomic E-state index is -0.183.